The molecular weight excluding hydrogens is 364 g/mol. The Hall–Kier alpha value is -1.26. The van der Waals surface area contributed by atoms with Crippen LogP contribution in [0.2, 0.25) is 0 Å². The molecule has 3 aliphatic rings. The van der Waals surface area contributed by atoms with Crippen molar-refractivity contribution in [2.75, 3.05) is 0 Å². The average molecular weight is 403 g/mol. The molecule has 0 unspecified atom stereocenters. The average Bonchev–Trinajstić information content (AvgIpc) is 3.01. The highest BCUT2D eigenvalue weighted by Crippen LogP contribution is 2.60. The van der Waals surface area contributed by atoms with E-state index in [0.717, 1.165) is 50.4 Å². The quantitative estimate of drug-likeness (QED) is 0.646. The zero-order valence-corrected chi connectivity index (χ0v) is 18.7. The predicted molar refractivity (Wildman–Crippen MR) is 114 cm³/mol. The number of aliphatic hydroxyl groups is 2. The fourth-order valence-electron chi connectivity index (χ4n) is 6.41. The van der Waals surface area contributed by atoms with E-state index in [-0.39, 0.29) is 34.9 Å². The highest BCUT2D eigenvalue weighted by molar-refractivity contribution is 6.01. The van der Waals surface area contributed by atoms with Crippen LogP contribution in [0, 0.1) is 29.1 Å². The van der Waals surface area contributed by atoms with E-state index in [2.05, 4.69) is 13.8 Å². The van der Waals surface area contributed by atoms with Crippen molar-refractivity contribution in [1.82, 2.24) is 0 Å². The first-order valence-electron chi connectivity index (χ1n) is 11.2. The van der Waals surface area contributed by atoms with E-state index in [1.54, 1.807) is 6.08 Å². The van der Waals surface area contributed by atoms with Gasteiger partial charge in [-0.25, -0.2) is 0 Å². The summed E-state index contributed by atoms with van der Waals surface area (Å²) in [4.78, 5) is 24.3. The van der Waals surface area contributed by atoms with E-state index in [1.165, 1.54) is 0 Å². The van der Waals surface area contributed by atoms with Crippen molar-refractivity contribution < 1.29 is 19.8 Å². The third-order valence-electron chi connectivity index (χ3n) is 8.25. The molecule has 3 rings (SSSR count). The number of allylic oxidation sites excluding steroid dienone is 4. The first-order valence-corrected chi connectivity index (χ1v) is 11.2. The first-order chi connectivity index (χ1) is 13.4. The number of hydrogen-bond acceptors (Lipinski definition) is 4. The summed E-state index contributed by atoms with van der Waals surface area (Å²) in [5.41, 5.74) is 0.170. The number of ketones is 1. The molecular formula is C25H38O4. The Morgan fingerprint density at radius 1 is 1.34 bits per heavy atom. The van der Waals surface area contributed by atoms with Crippen molar-refractivity contribution in [1.29, 1.82) is 0 Å². The fraction of sp³-hybridized carbons (Fsp3) is 0.760. The van der Waals surface area contributed by atoms with E-state index in [9.17, 15) is 19.8 Å². The molecule has 1 fully saturated rings. The summed E-state index contributed by atoms with van der Waals surface area (Å²) in [6.45, 7) is 10.1. The van der Waals surface area contributed by atoms with Gasteiger partial charge in [0.15, 0.2) is 5.78 Å². The summed E-state index contributed by atoms with van der Waals surface area (Å²) < 4.78 is 0. The van der Waals surface area contributed by atoms with Gasteiger partial charge in [-0.15, -0.1) is 0 Å². The summed E-state index contributed by atoms with van der Waals surface area (Å²) >= 11 is 0. The Kier molecular flexibility index (Phi) is 6.01. The Morgan fingerprint density at radius 2 is 2.03 bits per heavy atom. The van der Waals surface area contributed by atoms with E-state index < -0.39 is 11.2 Å². The van der Waals surface area contributed by atoms with Gasteiger partial charge in [-0.3, -0.25) is 9.59 Å². The Bertz CT molecular complexity index is 728. The van der Waals surface area contributed by atoms with Gasteiger partial charge in [-0.05, 0) is 94.1 Å². The predicted octanol–water partition coefficient (Wildman–Crippen LogP) is 4.39. The van der Waals surface area contributed by atoms with Crippen LogP contribution in [0.25, 0.3) is 0 Å². The van der Waals surface area contributed by atoms with Crippen molar-refractivity contribution in [3.8, 4) is 0 Å². The van der Waals surface area contributed by atoms with Gasteiger partial charge in [0.25, 0.3) is 0 Å². The zero-order valence-electron chi connectivity index (χ0n) is 18.7. The lowest BCUT2D eigenvalue weighted by Crippen LogP contribution is -2.45. The van der Waals surface area contributed by atoms with Crippen LogP contribution in [0.3, 0.4) is 0 Å². The van der Waals surface area contributed by atoms with Crippen molar-refractivity contribution in [2.24, 2.45) is 29.1 Å². The van der Waals surface area contributed by atoms with E-state index in [4.69, 9.17) is 0 Å². The molecule has 6 atom stereocenters. The molecule has 0 saturated heterocycles. The van der Waals surface area contributed by atoms with Gasteiger partial charge < -0.3 is 10.2 Å². The smallest absolute Gasteiger partial charge is 0.163 e. The molecule has 0 bridgehead atoms. The second-order valence-electron chi connectivity index (χ2n) is 10.9. The van der Waals surface area contributed by atoms with Gasteiger partial charge in [0.2, 0.25) is 0 Å². The number of fused-ring (bicyclic) bond motifs is 2. The molecule has 0 spiro atoms. The van der Waals surface area contributed by atoms with E-state index in [1.807, 2.05) is 26.8 Å². The minimum absolute atomic E-state index is 0.0488. The van der Waals surface area contributed by atoms with Crippen LogP contribution in [0.5, 0.6) is 0 Å². The van der Waals surface area contributed by atoms with Crippen LogP contribution in [-0.2, 0) is 9.59 Å². The van der Waals surface area contributed by atoms with Gasteiger partial charge in [0, 0.05) is 0 Å². The van der Waals surface area contributed by atoms with Gasteiger partial charge in [-0.1, -0.05) is 31.9 Å². The monoisotopic (exact) mass is 402 g/mol. The molecule has 0 radical (unpaired) electrons. The molecule has 0 heterocycles. The normalized spacial score (nSPS) is 38.4. The topological polar surface area (TPSA) is 74.6 Å². The van der Waals surface area contributed by atoms with Crippen LogP contribution >= 0.6 is 0 Å². The van der Waals surface area contributed by atoms with Gasteiger partial charge in [-0.2, -0.15) is 0 Å². The molecule has 4 heteroatoms. The van der Waals surface area contributed by atoms with Crippen molar-refractivity contribution >= 4 is 12.1 Å². The number of rotatable bonds is 6. The zero-order chi connectivity index (χ0) is 21.6. The molecule has 0 aromatic rings. The minimum atomic E-state index is -0.772. The summed E-state index contributed by atoms with van der Waals surface area (Å²) in [7, 11) is 0. The third kappa shape index (κ3) is 4.16. The summed E-state index contributed by atoms with van der Waals surface area (Å²) in [6.07, 6.45) is 10.2. The number of carbonyl (C=O) groups excluding carboxylic acids is 2. The summed E-state index contributed by atoms with van der Waals surface area (Å²) in [5, 5.41) is 21.8. The number of carbonyl (C=O) groups is 2. The van der Waals surface area contributed by atoms with Crippen LogP contribution < -0.4 is 0 Å². The molecule has 1 saturated carbocycles. The third-order valence-corrected chi connectivity index (χ3v) is 8.25. The number of hydrogen-bond donors (Lipinski definition) is 2. The van der Waals surface area contributed by atoms with Gasteiger partial charge in [0.05, 0.1) is 17.1 Å². The summed E-state index contributed by atoms with van der Waals surface area (Å²) in [5.74, 6) is -0.00252. The minimum Gasteiger partial charge on any atom is -0.390 e. The highest BCUT2D eigenvalue weighted by Gasteiger charge is 2.57. The Labute approximate surface area is 175 Å². The molecule has 0 aliphatic heterocycles. The van der Waals surface area contributed by atoms with E-state index in [0.29, 0.717) is 12.0 Å². The molecule has 3 aliphatic carbocycles. The maximum atomic E-state index is 12.5. The molecule has 0 aromatic heterocycles. The van der Waals surface area contributed by atoms with Crippen molar-refractivity contribution in [3.05, 3.63) is 23.3 Å². The second kappa shape index (κ2) is 7.77. The van der Waals surface area contributed by atoms with E-state index >= 15 is 0 Å². The first kappa shape index (κ1) is 22.4. The fourth-order valence-corrected chi connectivity index (χ4v) is 6.41. The van der Waals surface area contributed by atoms with Crippen LogP contribution in [0.4, 0.5) is 0 Å². The lowest BCUT2D eigenvalue weighted by atomic mass is 9.62. The van der Waals surface area contributed by atoms with Crippen molar-refractivity contribution in [2.45, 2.75) is 90.8 Å². The highest BCUT2D eigenvalue weighted by atomic mass is 16.3. The van der Waals surface area contributed by atoms with Gasteiger partial charge in [0.1, 0.15) is 6.29 Å². The maximum Gasteiger partial charge on any atom is 0.163 e. The van der Waals surface area contributed by atoms with Crippen LogP contribution in [0.1, 0.15) is 79.6 Å². The van der Waals surface area contributed by atoms with Crippen molar-refractivity contribution in [3.63, 3.8) is 0 Å². The molecule has 29 heavy (non-hydrogen) atoms. The lowest BCUT2D eigenvalue weighted by Gasteiger charge is -2.44. The lowest BCUT2D eigenvalue weighted by molar-refractivity contribution is -0.119. The maximum absolute atomic E-state index is 12.5. The molecule has 4 nitrogen and oxygen atoms in total. The molecule has 0 aromatic carbocycles. The molecule has 162 valence electrons. The van der Waals surface area contributed by atoms with Crippen LogP contribution in [-0.4, -0.2) is 33.5 Å². The van der Waals surface area contributed by atoms with Gasteiger partial charge >= 0.3 is 0 Å². The largest absolute Gasteiger partial charge is 0.390 e. The second-order valence-corrected chi connectivity index (χ2v) is 10.9. The van der Waals surface area contributed by atoms with Crippen LogP contribution in [0.15, 0.2) is 23.3 Å². The molecule has 2 N–H and O–H groups in total. The SMILES string of the molecule is CC1=CC(=O)[C@H]2C(C=O)=CC[C@@H]3[C@](C)(CC[C@]3(O)[C@@H](C)CCCC(C)(C)O)C[C@H]12. The Morgan fingerprint density at radius 3 is 2.66 bits per heavy atom. The molecule has 0 amide bonds. The number of aldehydes is 1. The standard InChI is InChI=1S/C25H38O4/c1-16-13-20(27)22-18(15-26)8-9-21-24(5,14-19(16)22)11-12-25(21,29)17(2)7-6-10-23(3,4)28/h8,13,15,17,19,21-22,28-29H,6-7,9-12,14H2,1-5H3/t17-,19+,21+,22-,24+,25-/m0/s1. The Balaban J connectivity index is 1.86. The summed E-state index contributed by atoms with van der Waals surface area (Å²) in [6, 6.07) is 0.